The maximum absolute atomic E-state index is 12.9. The Hall–Kier alpha value is -3.41. The quantitative estimate of drug-likeness (QED) is 0.651. The molecule has 0 spiro atoms. The molecule has 148 valence electrons. The molecule has 5 nitrogen and oxygen atoms in total. The van der Waals surface area contributed by atoms with Crippen LogP contribution in [0.4, 0.5) is 21.5 Å². The summed E-state index contributed by atoms with van der Waals surface area (Å²) in [5, 5.41) is 6.09. The topological polar surface area (TPSA) is 57.3 Å². The van der Waals surface area contributed by atoms with E-state index in [1.165, 1.54) is 30.7 Å². The van der Waals surface area contributed by atoms with E-state index in [9.17, 15) is 9.18 Å². The molecule has 1 fully saturated rings. The normalized spacial score (nSPS) is 13.3. The van der Waals surface area contributed by atoms with Gasteiger partial charge in [0.15, 0.2) is 0 Å². The summed E-state index contributed by atoms with van der Waals surface area (Å²) in [7, 11) is 0. The average Bonchev–Trinajstić information content (AvgIpc) is 3.29. The number of nitrogens with one attached hydrogen (secondary N) is 2. The van der Waals surface area contributed by atoms with Crippen LogP contribution in [-0.4, -0.2) is 24.0 Å². The summed E-state index contributed by atoms with van der Waals surface area (Å²) in [5.41, 5.74) is 4.20. The van der Waals surface area contributed by atoms with Gasteiger partial charge in [-0.3, -0.25) is 4.79 Å². The molecule has 2 heterocycles. The number of halogens is 1. The summed E-state index contributed by atoms with van der Waals surface area (Å²) in [5.74, 6) is -0.564. The largest absolute Gasteiger partial charge is 0.372 e. The van der Waals surface area contributed by atoms with Crippen LogP contribution in [0.2, 0.25) is 0 Å². The lowest BCUT2D eigenvalue weighted by Crippen LogP contribution is -2.23. The van der Waals surface area contributed by atoms with Gasteiger partial charge in [0, 0.05) is 31.0 Å². The number of amides is 1. The highest BCUT2D eigenvalue weighted by atomic mass is 19.1. The molecule has 6 heteroatoms. The number of hydrogen-bond donors (Lipinski definition) is 2. The van der Waals surface area contributed by atoms with Crippen LogP contribution in [0.1, 0.15) is 28.9 Å². The van der Waals surface area contributed by atoms with E-state index in [2.05, 4.69) is 44.8 Å². The summed E-state index contributed by atoms with van der Waals surface area (Å²) >= 11 is 0. The van der Waals surface area contributed by atoms with Gasteiger partial charge in [-0.05, 0) is 66.9 Å². The molecule has 0 saturated carbocycles. The van der Waals surface area contributed by atoms with E-state index < -0.39 is 0 Å². The van der Waals surface area contributed by atoms with Gasteiger partial charge in [-0.25, -0.2) is 9.37 Å². The molecule has 2 aromatic carbocycles. The molecule has 0 bridgehead atoms. The molecule has 0 atom stereocenters. The molecule has 0 radical (unpaired) electrons. The van der Waals surface area contributed by atoms with Crippen molar-refractivity contribution in [3.05, 3.63) is 83.9 Å². The zero-order chi connectivity index (χ0) is 20.1. The molecule has 1 aliphatic rings. The average molecular weight is 390 g/mol. The lowest BCUT2D eigenvalue weighted by Gasteiger charge is -2.18. The van der Waals surface area contributed by atoms with Crippen molar-refractivity contribution in [2.24, 2.45) is 0 Å². The summed E-state index contributed by atoms with van der Waals surface area (Å²) < 4.78 is 12.9. The first-order valence-electron chi connectivity index (χ1n) is 9.78. The molecule has 29 heavy (non-hydrogen) atoms. The fourth-order valence-electron chi connectivity index (χ4n) is 3.37. The highest BCUT2D eigenvalue weighted by molar-refractivity contribution is 5.92. The second-order valence-electron chi connectivity index (χ2n) is 7.11. The van der Waals surface area contributed by atoms with Crippen molar-refractivity contribution in [1.29, 1.82) is 0 Å². The zero-order valence-corrected chi connectivity index (χ0v) is 16.1. The monoisotopic (exact) mass is 390 g/mol. The molecular formula is C23H23FN4O. The Labute approximate surface area is 169 Å². The molecule has 0 unspecified atom stereocenters. The summed E-state index contributed by atoms with van der Waals surface area (Å²) in [6, 6.07) is 17.9. The number of aromatic nitrogens is 1. The van der Waals surface area contributed by atoms with Gasteiger partial charge in [-0.2, -0.15) is 0 Å². The molecule has 2 N–H and O–H groups in total. The number of hydrogen-bond acceptors (Lipinski definition) is 4. The van der Waals surface area contributed by atoms with Gasteiger partial charge in [0.05, 0.1) is 11.9 Å². The van der Waals surface area contributed by atoms with Crippen LogP contribution in [-0.2, 0) is 6.54 Å². The molecule has 0 aliphatic carbocycles. The predicted octanol–water partition coefficient (Wildman–Crippen LogP) is 4.49. The van der Waals surface area contributed by atoms with Crippen LogP contribution in [0.5, 0.6) is 0 Å². The molecular weight excluding hydrogens is 367 g/mol. The van der Waals surface area contributed by atoms with E-state index in [0.717, 1.165) is 30.0 Å². The van der Waals surface area contributed by atoms with Crippen molar-refractivity contribution in [2.75, 3.05) is 23.3 Å². The smallest absolute Gasteiger partial charge is 0.270 e. The minimum absolute atomic E-state index is 0.268. The number of nitrogens with zero attached hydrogens (tertiary/aromatic N) is 2. The third-order valence-electron chi connectivity index (χ3n) is 4.99. The summed E-state index contributed by atoms with van der Waals surface area (Å²) in [6.45, 7) is 2.58. The van der Waals surface area contributed by atoms with Crippen molar-refractivity contribution in [1.82, 2.24) is 10.3 Å². The first kappa shape index (κ1) is 18.9. The van der Waals surface area contributed by atoms with E-state index in [4.69, 9.17) is 0 Å². The molecule has 3 aromatic rings. The van der Waals surface area contributed by atoms with Gasteiger partial charge in [0.1, 0.15) is 11.5 Å². The van der Waals surface area contributed by atoms with E-state index in [1.807, 2.05) is 6.07 Å². The van der Waals surface area contributed by atoms with Crippen molar-refractivity contribution in [3.63, 3.8) is 0 Å². The van der Waals surface area contributed by atoms with Crippen LogP contribution >= 0.6 is 0 Å². The second-order valence-corrected chi connectivity index (χ2v) is 7.11. The fourth-order valence-corrected chi connectivity index (χ4v) is 3.37. The number of carbonyl (C=O) groups is 1. The molecule has 1 aromatic heterocycles. The highest BCUT2D eigenvalue weighted by Crippen LogP contribution is 2.23. The van der Waals surface area contributed by atoms with Crippen molar-refractivity contribution >= 4 is 23.0 Å². The Bertz CT molecular complexity index is 950. The molecule has 4 rings (SSSR count). The van der Waals surface area contributed by atoms with Crippen LogP contribution < -0.4 is 15.5 Å². The van der Waals surface area contributed by atoms with Crippen molar-refractivity contribution in [2.45, 2.75) is 19.4 Å². The first-order valence-corrected chi connectivity index (χ1v) is 9.78. The Morgan fingerprint density at radius 2 is 1.62 bits per heavy atom. The van der Waals surface area contributed by atoms with Gasteiger partial charge >= 0.3 is 0 Å². The van der Waals surface area contributed by atoms with Crippen LogP contribution in [0.25, 0.3) is 0 Å². The van der Waals surface area contributed by atoms with Crippen molar-refractivity contribution in [3.8, 4) is 0 Å². The number of pyridine rings is 1. The lowest BCUT2D eigenvalue weighted by atomic mass is 10.2. The van der Waals surface area contributed by atoms with Gasteiger partial charge in [0.25, 0.3) is 5.91 Å². The third-order valence-corrected chi connectivity index (χ3v) is 4.99. The van der Waals surface area contributed by atoms with Crippen LogP contribution in [0.15, 0.2) is 66.9 Å². The minimum atomic E-state index is -0.296. The standard InChI is InChI=1S/C23H23FN4O/c24-18-5-3-17(4-6-18)15-26-23(29)22-12-9-20(16-25-22)27-19-7-10-21(11-8-19)28-13-1-2-14-28/h3-12,16,27H,1-2,13-15H2,(H,26,29). The predicted molar refractivity (Wildman–Crippen MR) is 113 cm³/mol. The lowest BCUT2D eigenvalue weighted by molar-refractivity contribution is 0.0946. The zero-order valence-electron chi connectivity index (χ0n) is 16.1. The molecule has 1 amide bonds. The van der Waals surface area contributed by atoms with E-state index in [-0.39, 0.29) is 11.7 Å². The first-order chi connectivity index (χ1) is 14.2. The number of anilines is 3. The summed E-state index contributed by atoms with van der Waals surface area (Å²) in [6.07, 6.45) is 4.16. The van der Waals surface area contributed by atoms with Gasteiger partial charge in [-0.15, -0.1) is 0 Å². The van der Waals surface area contributed by atoms with E-state index in [0.29, 0.717) is 12.2 Å². The third kappa shape index (κ3) is 4.90. The Morgan fingerprint density at radius 3 is 2.28 bits per heavy atom. The minimum Gasteiger partial charge on any atom is -0.372 e. The van der Waals surface area contributed by atoms with Crippen molar-refractivity contribution < 1.29 is 9.18 Å². The maximum Gasteiger partial charge on any atom is 0.270 e. The fraction of sp³-hybridized carbons (Fsp3) is 0.217. The van der Waals surface area contributed by atoms with E-state index >= 15 is 0 Å². The van der Waals surface area contributed by atoms with Gasteiger partial charge < -0.3 is 15.5 Å². The Kier molecular flexibility index (Phi) is 5.70. The van der Waals surface area contributed by atoms with Gasteiger partial charge in [0.2, 0.25) is 0 Å². The van der Waals surface area contributed by atoms with Gasteiger partial charge in [-0.1, -0.05) is 12.1 Å². The Morgan fingerprint density at radius 1 is 0.931 bits per heavy atom. The molecule has 1 saturated heterocycles. The maximum atomic E-state index is 12.9. The number of benzene rings is 2. The highest BCUT2D eigenvalue weighted by Gasteiger charge is 2.12. The van der Waals surface area contributed by atoms with Crippen LogP contribution in [0, 0.1) is 5.82 Å². The SMILES string of the molecule is O=C(NCc1ccc(F)cc1)c1ccc(Nc2ccc(N3CCCC3)cc2)cn1. The number of carbonyl (C=O) groups excluding carboxylic acids is 1. The van der Waals surface area contributed by atoms with E-state index in [1.54, 1.807) is 24.4 Å². The summed E-state index contributed by atoms with van der Waals surface area (Å²) in [4.78, 5) is 18.9. The second kappa shape index (κ2) is 8.73. The Balaban J connectivity index is 1.32. The molecule has 1 aliphatic heterocycles. The number of rotatable bonds is 6. The van der Waals surface area contributed by atoms with Crippen LogP contribution in [0.3, 0.4) is 0 Å².